The van der Waals surface area contributed by atoms with Gasteiger partial charge in [-0.15, -0.1) is 5.11 Å². The van der Waals surface area contributed by atoms with E-state index in [1.807, 2.05) is 72.8 Å². The number of amidine groups is 1. The van der Waals surface area contributed by atoms with Crippen LogP contribution in [0.3, 0.4) is 0 Å². The predicted octanol–water partition coefficient (Wildman–Crippen LogP) is 6.12. The number of hydrogen-bond acceptors (Lipinski definition) is 8. The van der Waals surface area contributed by atoms with Crippen LogP contribution in [0, 0.1) is 17.8 Å². The molecule has 2 amide bonds. The standard InChI is InChI=1S/C39H49N7O3/c1-3-46(4-2)21-20-41-38(48)33-7-5-6-32(23-33)29-12-8-27(9-13-29)22-34(24-36(47)30-14-10-28(25-40)11-15-30)39(49)44-35-18-16-31(17-19-35)37-42-26-43-45-37/h5-9,12-13,16-19,23,28,30,34H,3-4,10-11,14-15,20-22,24-26,40H2,1-2H3,(H,41,48)(H,44,49)/t28?,30?,34-/m1/s1. The van der Waals surface area contributed by atoms with Crippen LogP contribution < -0.4 is 16.4 Å². The summed E-state index contributed by atoms with van der Waals surface area (Å²) in [6.45, 7) is 8.54. The maximum atomic E-state index is 13.7. The van der Waals surface area contributed by atoms with Gasteiger partial charge in [-0.1, -0.05) is 50.2 Å². The molecule has 10 nitrogen and oxygen atoms in total. The summed E-state index contributed by atoms with van der Waals surface area (Å²) in [5, 5.41) is 14.0. The van der Waals surface area contributed by atoms with Crippen molar-refractivity contribution in [2.24, 2.45) is 38.7 Å². The van der Waals surface area contributed by atoms with Gasteiger partial charge in [0.05, 0.1) is 0 Å². The van der Waals surface area contributed by atoms with Crippen LogP contribution in [0.15, 0.2) is 88.0 Å². The van der Waals surface area contributed by atoms with E-state index in [1.54, 1.807) is 0 Å². The smallest absolute Gasteiger partial charge is 0.251 e. The molecule has 0 radical (unpaired) electrons. The van der Waals surface area contributed by atoms with Crippen molar-refractivity contribution in [3.8, 4) is 11.1 Å². The molecule has 1 fully saturated rings. The predicted molar refractivity (Wildman–Crippen MR) is 195 cm³/mol. The SMILES string of the molecule is CCN(CC)CCNC(=O)c1cccc(-c2ccc(C[C@H](CC(=O)C3CCC(CN)CC3)C(=O)Nc3ccc(C4=NCN=N4)cc3)cc2)c1. The zero-order chi connectivity index (χ0) is 34.6. The van der Waals surface area contributed by atoms with Crippen molar-refractivity contribution in [3.63, 3.8) is 0 Å². The second-order valence-corrected chi connectivity index (χ2v) is 13.0. The quantitative estimate of drug-likeness (QED) is 0.169. The molecule has 5 rings (SSSR count). The van der Waals surface area contributed by atoms with Crippen molar-refractivity contribution < 1.29 is 14.4 Å². The van der Waals surface area contributed by atoms with Crippen LogP contribution in [-0.4, -0.2) is 67.7 Å². The number of rotatable bonds is 16. The number of nitrogens with one attached hydrogen (secondary N) is 2. The highest BCUT2D eigenvalue weighted by molar-refractivity contribution is 6.01. The first kappa shape index (κ1) is 35.8. The summed E-state index contributed by atoms with van der Waals surface area (Å²) in [6.07, 6.45) is 4.20. The van der Waals surface area contributed by atoms with Gasteiger partial charge in [0, 0.05) is 48.2 Å². The van der Waals surface area contributed by atoms with Crippen molar-refractivity contribution in [1.29, 1.82) is 0 Å². The summed E-state index contributed by atoms with van der Waals surface area (Å²) in [7, 11) is 0. The minimum absolute atomic E-state index is 0.0252. The molecule has 0 bridgehead atoms. The summed E-state index contributed by atoms with van der Waals surface area (Å²) in [4.78, 5) is 46.6. The van der Waals surface area contributed by atoms with Crippen LogP contribution in [0.2, 0.25) is 0 Å². The molecule has 10 heteroatoms. The number of aliphatic imine (C=N–C) groups is 1. The highest BCUT2D eigenvalue weighted by Gasteiger charge is 2.30. The van der Waals surface area contributed by atoms with Crippen molar-refractivity contribution in [1.82, 2.24) is 10.2 Å². The van der Waals surface area contributed by atoms with Gasteiger partial charge in [-0.05, 0) is 111 Å². The normalized spacial score (nSPS) is 17.8. The lowest BCUT2D eigenvalue weighted by Crippen LogP contribution is -2.34. The molecule has 3 aromatic carbocycles. The number of hydrogen-bond donors (Lipinski definition) is 3. The zero-order valence-electron chi connectivity index (χ0n) is 28.7. The summed E-state index contributed by atoms with van der Waals surface area (Å²) in [6, 6.07) is 23.0. The van der Waals surface area contributed by atoms with Crippen LogP contribution in [0.4, 0.5) is 5.69 Å². The molecule has 258 valence electrons. The van der Waals surface area contributed by atoms with Crippen molar-refractivity contribution >= 4 is 29.1 Å². The average Bonchev–Trinajstić information content (AvgIpc) is 3.69. The Bertz CT molecular complexity index is 1620. The van der Waals surface area contributed by atoms with Gasteiger partial charge < -0.3 is 21.3 Å². The van der Waals surface area contributed by atoms with Crippen LogP contribution >= 0.6 is 0 Å². The van der Waals surface area contributed by atoms with Gasteiger partial charge in [0.25, 0.3) is 5.91 Å². The molecule has 1 saturated carbocycles. The first-order chi connectivity index (χ1) is 23.9. The van der Waals surface area contributed by atoms with Gasteiger partial charge in [-0.25, -0.2) is 4.99 Å². The Hall–Kier alpha value is -4.54. The Labute approximate surface area is 289 Å². The van der Waals surface area contributed by atoms with Gasteiger partial charge in [0.15, 0.2) is 12.5 Å². The Morgan fingerprint density at radius 2 is 1.61 bits per heavy atom. The van der Waals surface area contributed by atoms with E-state index in [9.17, 15) is 14.4 Å². The van der Waals surface area contributed by atoms with Gasteiger partial charge in [0.2, 0.25) is 5.91 Å². The number of azo groups is 1. The lowest BCUT2D eigenvalue weighted by atomic mass is 9.77. The van der Waals surface area contributed by atoms with Crippen molar-refractivity contribution in [2.75, 3.05) is 44.7 Å². The van der Waals surface area contributed by atoms with Crippen LogP contribution in [0.1, 0.15) is 67.4 Å². The first-order valence-electron chi connectivity index (χ1n) is 17.6. The Balaban J connectivity index is 1.26. The summed E-state index contributed by atoms with van der Waals surface area (Å²) < 4.78 is 0. The molecule has 49 heavy (non-hydrogen) atoms. The Morgan fingerprint density at radius 3 is 2.27 bits per heavy atom. The maximum absolute atomic E-state index is 13.7. The highest BCUT2D eigenvalue weighted by Crippen LogP contribution is 2.31. The highest BCUT2D eigenvalue weighted by atomic mass is 16.2. The largest absolute Gasteiger partial charge is 0.351 e. The van der Waals surface area contributed by atoms with Crippen molar-refractivity contribution in [2.45, 2.75) is 52.4 Å². The fraction of sp³-hybridized carbons (Fsp3) is 0.436. The number of likely N-dealkylation sites (N-methyl/N-ethyl adjacent to an activating group) is 1. The fourth-order valence-corrected chi connectivity index (χ4v) is 6.64. The number of nitrogens with zero attached hydrogens (tertiary/aromatic N) is 4. The zero-order valence-corrected chi connectivity index (χ0v) is 28.7. The molecule has 1 atom stereocenters. The molecule has 1 aliphatic carbocycles. The van der Waals surface area contributed by atoms with E-state index in [0.717, 1.165) is 67.6 Å². The maximum Gasteiger partial charge on any atom is 0.251 e. The molecule has 0 spiro atoms. The van der Waals surface area contributed by atoms with Crippen LogP contribution in [0.25, 0.3) is 11.1 Å². The van der Waals surface area contributed by atoms with E-state index in [-0.39, 0.29) is 29.9 Å². The number of Topliss-reactive ketones (excluding diaryl/α,β-unsaturated/α-hetero) is 1. The molecule has 2 aliphatic rings. The number of ketones is 1. The fourth-order valence-electron chi connectivity index (χ4n) is 6.64. The van der Waals surface area contributed by atoms with E-state index in [4.69, 9.17) is 5.73 Å². The number of anilines is 1. The summed E-state index contributed by atoms with van der Waals surface area (Å²) in [5.41, 5.74) is 10.9. The third kappa shape index (κ3) is 9.99. The van der Waals surface area contributed by atoms with E-state index in [1.165, 1.54) is 0 Å². The van der Waals surface area contributed by atoms with Crippen molar-refractivity contribution in [3.05, 3.63) is 89.5 Å². The number of carbonyl (C=O) groups is 3. The van der Waals surface area contributed by atoms with Gasteiger partial charge in [-0.3, -0.25) is 14.4 Å². The molecule has 1 heterocycles. The molecule has 0 aromatic heterocycles. The number of benzene rings is 3. The van der Waals surface area contributed by atoms with Crippen LogP contribution in [0.5, 0.6) is 0 Å². The van der Waals surface area contributed by atoms with E-state index < -0.39 is 5.92 Å². The van der Waals surface area contributed by atoms with E-state index >= 15 is 0 Å². The van der Waals surface area contributed by atoms with Gasteiger partial charge >= 0.3 is 0 Å². The number of nitrogens with two attached hydrogens (primary N) is 1. The average molecular weight is 664 g/mol. The summed E-state index contributed by atoms with van der Waals surface area (Å²) in [5.74, 6) is 0.388. The Kier molecular flexibility index (Phi) is 12.9. The first-order valence-corrected chi connectivity index (χ1v) is 17.6. The van der Waals surface area contributed by atoms with E-state index in [0.29, 0.717) is 49.2 Å². The molecule has 0 saturated heterocycles. The molecule has 4 N–H and O–H groups in total. The third-order valence-corrected chi connectivity index (χ3v) is 9.82. The molecule has 3 aromatic rings. The molecule has 0 unspecified atom stereocenters. The van der Waals surface area contributed by atoms with Crippen LogP contribution in [-0.2, 0) is 16.0 Å². The lowest BCUT2D eigenvalue weighted by Gasteiger charge is -2.27. The topological polar surface area (TPSA) is 142 Å². The monoisotopic (exact) mass is 663 g/mol. The number of carbonyl (C=O) groups excluding carboxylic acids is 3. The van der Waals surface area contributed by atoms with E-state index in [2.05, 4.69) is 44.6 Å². The van der Waals surface area contributed by atoms with Gasteiger partial charge in [0.1, 0.15) is 5.78 Å². The molecule has 1 aliphatic heterocycles. The number of amides is 2. The minimum atomic E-state index is -0.526. The molecular formula is C39H49N7O3. The third-order valence-electron chi connectivity index (χ3n) is 9.82. The Morgan fingerprint density at radius 1 is 0.898 bits per heavy atom. The second-order valence-electron chi connectivity index (χ2n) is 13.0. The van der Waals surface area contributed by atoms with Gasteiger partial charge in [-0.2, -0.15) is 5.11 Å². The summed E-state index contributed by atoms with van der Waals surface area (Å²) >= 11 is 0. The lowest BCUT2D eigenvalue weighted by molar-refractivity contribution is -0.129. The second kappa shape index (κ2) is 17.7. The minimum Gasteiger partial charge on any atom is -0.351 e. The molecular weight excluding hydrogens is 614 g/mol.